The molecule has 2 unspecified atom stereocenters. The minimum Gasteiger partial charge on any atom is -0.491 e. The first kappa shape index (κ1) is 13.7. The van der Waals surface area contributed by atoms with Crippen molar-refractivity contribution in [2.75, 3.05) is 26.2 Å². The lowest BCUT2D eigenvalue weighted by Gasteiger charge is -2.34. The van der Waals surface area contributed by atoms with Crippen molar-refractivity contribution >= 4 is 11.6 Å². The van der Waals surface area contributed by atoms with Gasteiger partial charge in [0.2, 0.25) is 0 Å². The highest BCUT2D eigenvalue weighted by Gasteiger charge is 2.23. The predicted octanol–water partition coefficient (Wildman–Crippen LogP) is 2.42. The smallest absolute Gasteiger partial charge is 0.137 e. The number of ether oxygens (including phenoxy) is 1. The molecule has 1 fully saturated rings. The lowest BCUT2D eigenvalue weighted by Crippen LogP contribution is -2.43. The van der Waals surface area contributed by atoms with Gasteiger partial charge in [0.05, 0.1) is 11.1 Å². The van der Waals surface area contributed by atoms with Crippen LogP contribution in [0.15, 0.2) is 24.3 Å². The maximum Gasteiger partial charge on any atom is 0.137 e. The van der Waals surface area contributed by atoms with Crippen molar-refractivity contribution in [1.29, 1.82) is 0 Å². The summed E-state index contributed by atoms with van der Waals surface area (Å²) in [6, 6.07) is 7.52. The van der Waals surface area contributed by atoms with E-state index in [1.54, 1.807) is 0 Å². The molecule has 1 aliphatic rings. The molecule has 1 aromatic carbocycles. The lowest BCUT2D eigenvalue weighted by atomic mass is 9.97. The van der Waals surface area contributed by atoms with E-state index >= 15 is 0 Å². The van der Waals surface area contributed by atoms with E-state index in [2.05, 4.69) is 11.8 Å². The predicted molar refractivity (Wildman–Crippen MR) is 73.2 cm³/mol. The second kappa shape index (κ2) is 6.41. The Morgan fingerprint density at radius 3 is 2.94 bits per heavy atom. The molecule has 2 atom stereocenters. The zero-order valence-corrected chi connectivity index (χ0v) is 11.4. The molecule has 2 rings (SSSR count). The Kier molecular flexibility index (Phi) is 4.87. The maximum absolute atomic E-state index is 9.66. The van der Waals surface area contributed by atoms with Gasteiger partial charge < -0.3 is 9.84 Å². The first-order chi connectivity index (χ1) is 8.66. The first-order valence-corrected chi connectivity index (χ1v) is 6.82. The van der Waals surface area contributed by atoms with Crippen molar-refractivity contribution in [3.8, 4) is 5.75 Å². The number of likely N-dealkylation sites (tertiary alicyclic amines) is 1. The van der Waals surface area contributed by atoms with Crippen LogP contribution in [0.3, 0.4) is 0 Å². The van der Waals surface area contributed by atoms with Crippen molar-refractivity contribution in [3.05, 3.63) is 29.3 Å². The van der Waals surface area contributed by atoms with E-state index in [4.69, 9.17) is 16.3 Å². The third kappa shape index (κ3) is 3.61. The average molecular weight is 270 g/mol. The number of aliphatic hydroxyl groups is 1. The Labute approximate surface area is 113 Å². The fourth-order valence-corrected chi connectivity index (χ4v) is 2.46. The second-order valence-electron chi connectivity index (χ2n) is 4.91. The highest BCUT2D eigenvalue weighted by atomic mass is 35.5. The monoisotopic (exact) mass is 269 g/mol. The van der Waals surface area contributed by atoms with Gasteiger partial charge in [-0.1, -0.05) is 30.7 Å². The summed E-state index contributed by atoms with van der Waals surface area (Å²) in [5.74, 6) is 1.09. The zero-order chi connectivity index (χ0) is 13.0. The van der Waals surface area contributed by atoms with Crippen LogP contribution in [0.25, 0.3) is 0 Å². The topological polar surface area (TPSA) is 32.7 Å². The fraction of sp³-hybridized carbons (Fsp3) is 0.571. The highest BCUT2D eigenvalue weighted by molar-refractivity contribution is 6.32. The van der Waals surface area contributed by atoms with E-state index in [0.29, 0.717) is 17.5 Å². The molecule has 0 bridgehead atoms. The third-order valence-corrected chi connectivity index (χ3v) is 3.76. The standard InChI is InChI=1S/C14H20ClNO2/c1-11-10-16(7-6-13(11)17)8-9-18-14-5-3-2-4-12(14)15/h2-5,11,13,17H,6-10H2,1H3. The molecule has 100 valence electrons. The van der Waals surface area contributed by atoms with Gasteiger partial charge in [-0.3, -0.25) is 4.90 Å². The summed E-state index contributed by atoms with van der Waals surface area (Å²) in [6.45, 7) is 5.48. The molecular formula is C14H20ClNO2. The van der Waals surface area contributed by atoms with Crippen LogP contribution < -0.4 is 4.74 Å². The van der Waals surface area contributed by atoms with E-state index in [1.807, 2.05) is 24.3 Å². The van der Waals surface area contributed by atoms with Crippen LogP contribution in [-0.2, 0) is 0 Å². The molecule has 0 aromatic heterocycles. The molecule has 0 saturated carbocycles. The van der Waals surface area contributed by atoms with Gasteiger partial charge in [-0.05, 0) is 24.5 Å². The number of hydrogen-bond acceptors (Lipinski definition) is 3. The Hall–Kier alpha value is -0.770. The summed E-state index contributed by atoms with van der Waals surface area (Å²) in [6.07, 6.45) is 0.707. The number of para-hydroxylation sites is 1. The molecular weight excluding hydrogens is 250 g/mol. The largest absolute Gasteiger partial charge is 0.491 e. The van der Waals surface area contributed by atoms with Crippen molar-refractivity contribution in [2.45, 2.75) is 19.4 Å². The van der Waals surface area contributed by atoms with Gasteiger partial charge >= 0.3 is 0 Å². The van der Waals surface area contributed by atoms with Crippen molar-refractivity contribution < 1.29 is 9.84 Å². The lowest BCUT2D eigenvalue weighted by molar-refractivity contribution is 0.0304. The Morgan fingerprint density at radius 1 is 1.44 bits per heavy atom. The Bertz CT molecular complexity index is 386. The average Bonchev–Trinajstić information content (AvgIpc) is 2.36. The molecule has 1 aliphatic heterocycles. The number of rotatable bonds is 4. The molecule has 4 heteroatoms. The number of piperidine rings is 1. The quantitative estimate of drug-likeness (QED) is 0.911. The van der Waals surface area contributed by atoms with Gasteiger partial charge in [0.15, 0.2) is 0 Å². The van der Waals surface area contributed by atoms with Gasteiger partial charge in [-0.15, -0.1) is 0 Å². The van der Waals surface area contributed by atoms with Crippen molar-refractivity contribution in [2.24, 2.45) is 5.92 Å². The van der Waals surface area contributed by atoms with Gasteiger partial charge in [0.1, 0.15) is 12.4 Å². The van der Waals surface area contributed by atoms with Crippen LogP contribution in [0.1, 0.15) is 13.3 Å². The summed E-state index contributed by atoms with van der Waals surface area (Å²) in [5.41, 5.74) is 0. The second-order valence-corrected chi connectivity index (χ2v) is 5.32. The molecule has 0 amide bonds. The van der Waals surface area contributed by atoms with E-state index in [0.717, 1.165) is 31.8 Å². The van der Waals surface area contributed by atoms with Gasteiger partial charge in [-0.25, -0.2) is 0 Å². The van der Waals surface area contributed by atoms with Crippen LogP contribution in [0.5, 0.6) is 5.75 Å². The van der Waals surface area contributed by atoms with Gasteiger partial charge in [0, 0.05) is 19.6 Å². The van der Waals surface area contributed by atoms with Crippen LogP contribution in [0.4, 0.5) is 0 Å². The minimum atomic E-state index is -0.147. The molecule has 0 aliphatic carbocycles. The highest BCUT2D eigenvalue weighted by Crippen LogP contribution is 2.23. The normalized spacial score (nSPS) is 25.1. The SMILES string of the molecule is CC1CN(CCOc2ccccc2Cl)CCC1O. The molecule has 0 spiro atoms. The summed E-state index contributed by atoms with van der Waals surface area (Å²) in [5, 5.41) is 10.3. The fourth-order valence-electron chi connectivity index (χ4n) is 2.27. The Balaban J connectivity index is 1.74. The number of nitrogens with zero attached hydrogens (tertiary/aromatic N) is 1. The Morgan fingerprint density at radius 2 is 2.22 bits per heavy atom. The molecule has 1 saturated heterocycles. The minimum absolute atomic E-state index is 0.147. The molecule has 3 nitrogen and oxygen atoms in total. The summed E-state index contributed by atoms with van der Waals surface area (Å²) < 4.78 is 5.67. The first-order valence-electron chi connectivity index (χ1n) is 6.44. The zero-order valence-electron chi connectivity index (χ0n) is 10.7. The van der Waals surface area contributed by atoms with E-state index in [-0.39, 0.29) is 6.10 Å². The summed E-state index contributed by atoms with van der Waals surface area (Å²) in [4.78, 5) is 2.33. The third-order valence-electron chi connectivity index (χ3n) is 3.45. The number of hydrogen-bond donors (Lipinski definition) is 1. The van der Waals surface area contributed by atoms with E-state index in [9.17, 15) is 5.11 Å². The van der Waals surface area contributed by atoms with Crippen LogP contribution >= 0.6 is 11.6 Å². The molecule has 1 N–H and O–H groups in total. The number of aliphatic hydroxyl groups excluding tert-OH is 1. The molecule has 1 heterocycles. The van der Waals surface area contributed by atoms with Crippen LogP contribution in [0, 0.1) is 5.92 Å². The van der Waals surface area contributed by atoms with Crippen molar-refractivity contribution in [3.63, 3.8) is 0 Å². The molecule has 18 heavy (non-hydrogen) atoms. The van der Waals surface area contributed by atoms with Crippen LogP contribution in [0.2, 0.25) is 5.02 Å². The summed E-state index contributed by atoms with van der Waals surface area (Å²) in [7, 11) is 0. The van der Waals surface area contributed by atoms with E-state index < -0.39 is 0 Å². The van der Waals surface area contributed by atoms with Gasteiger partial charge in [0.25, 0.3) is 0 Å². The number of benzene rings is 1. The van der Waals surface area contributed by atoms with E-state index in [1.165, 1.54) is 0 Å². The molecule has 1 aromatic rings. The van der Waals surface area contributed by atoms with Gasteiger partial charge in [-0.2, -0.15) is 0 Å². The maximum atomic E-state index is 9.66. The van der Waals surface area contributed by atoms with Crippen LogP contribution in [-0.4, -0.2) is 42.4 Å². The summed E-state index contributed by atoms with van der Waals surface area (Å²) >= 11 is 6.02. The van der Waals surface area contributed by atoms with Crippen molar-refractivity contribution in [1.82, 2.24) is 4.90 Å². The number of halogens is 1. The molecule has 0 radical (unpaired) electrons.